The molecule has 0 aromatic rings. The Hall–Kier alpha value is -1.58. The van der Waals surface area contributed by atoms with Crippen LogP contribution in [0.3, 0.4) is 0 Å². The van der Waals surface area contributed by atoms with Gasteiger partial charge in [0.25, 0.3) is 0 Å². The van der Waals surface area contributed by atoms with Crippen molar-refractivity contribution in [1.29, 1.82) is 0 Å². The van der Waals surface area contributed by atoms with E-state index in [0.29, 0.717) is 26.1 Å². The molecule has 0 saturated heterocycles. The van der Waals surface area contributed by atoms with E-state index < -0.39 is 0 Å². The molecule has 0 rings (SSSR count). The molecule has 0 heterocycles. The van der Waals surface area contributed by atoms with Crippen molar-refractivity contribution in [2.45, 2.75) is 13.3 Å². The highest BCUT2D eigenvalue weighted by Crippen LogP contribution is 1.91. The molecule has 84 valence electrons. The van der Waals surface area contributed by atoms with Crippen LogP contribution in [-0.2, 0) is 4.79 Å². The number of amides is 2. The fourth-order valence-electron chi connectivity index (χ4n) is 1.01. The molecule has 0 radical (unpaired) electrons. The Bertz CT molecular complexity index is 239. The molecular weight excluding hydrogens is 192 g/mol. The van der Waals surface area contributed by atoms with Crippen LogP contribution in [0.2, 0.25) is 0 Å². The molecule has 0 bridgehead atoms. The van der Waals surface area contributed by atoms with Crippen LogP contribution in [0.1, 0.15) is 13.3 Å². The number of rotatable bonds is 7. The van der Waals surface area contributed by atoms with Crippen molar-refractivity contribution in [2.24, 2.45) is 0 Å². The van der Waals surface area contributed by atoms with Crippen molar-refractivity contribution in [2.75, 3.05) is 19.6 Å². The molecule has 0 aliphatic carbocycles. The summed E-state index contributed by atoms with van der Waals surface area (Å²) in [5.74, 6) is 0.0642. The maximum Gasteiger partial charge on any atom is 0.317 e. The third kappa shape index (κ3) is 6.49. The lowest BCUT2D eigenvalue weighted by Gasteiger charge is -2.19. The molecule has 0 unspecified atom stereocenters. The minimum absolute atomic E-state index is 0.0642. The lowest BCUT2D eigenvalue weighted by atomic mass is 10.3. The Balaban J connectivity index is 3.95. The number of nitrogens with one attached hydrogen (secondary N) is 1. The molecular formula is C11H18N2O2. The second kappa shape index (κ2) is 7.79. The first-order valence-corrected chi connectivity index (χ1v) is 4.85. The van der Waals surface area contributed by atoms with E-state index >= 15 is 0 Å². The molecule has 0 fully saturated rings. The Morgan fingerprint density at radius 3 is 2.20 bits per heavy atom. The van der Waals surface area contributed by atoms with Crippen molar-refractivity contribution in [3.63, 3.8) is 0 Å². The van der Waals surface area contributed by atoms with Crippen LogP contribution in [0, 0.1) is 0 Å². The second-order valence-corrected chi connectivity index (χ2v) is 3.17. The van der Waals surface area contributed by atoms with E-state index in [1.165, 1.54) is 6.92 Å². The topological polar surface area (TPSA) is 49.4 Å². The minimum atomic E-state index is -0.198. The second-order valence-electron chi connectivity index (χ2n) is 3.17. The summed E-state index contributed by atoms with van der Waals surface area (Å²) in [5, 5.41) is 2.65. The molecule has 15 heavy (non-hydrogen) atoms. The van der Waals surface area contributed by atoms with Gasteiger partial charge < -0.3 is 10.2 Å². The van der Waals surface area contributed by atoms with Crippen LogP contribution in [0.4, 0.5) is 4.79 Å². The smallest absolute Gasteiger partial charge is 0.317 e. The van der Waals surface area contributed by atoms with Crippen molar-refractivity contribution in [3.05, 3.63) is 25.3 Å². The Morgan fingerprint density at radius 1 is 1.27 bits per heavy atom. The average Bonchev–Trinajstić information content (AvgIpc) is 2.16. The van der Waals surface area contributed by atoms with Crippen molar-refractivity contribution < 1.29 is 9.59 Å². The normalized spacial score (nSPS) is 9.13. The maximum absolute atomic E-state index is 11.5. The summed E-state index contributed by atoms with van der Waals surface area (Å²) in [6, 6.07) is -0.198. The number of hydrogen-bond donors (Lipinski definition) is 1. The van der Waals surface area contributed by atoms with E-state index in [9.17, 15) is 9.59 Å². The fraction of sp³-hybridized carbons (Fsp3) is 0.455. The van der Waals surface area contributed by atoms with Gasteiger partial charge in [-0.1, -0.05) is 12.2 Å². The summed E-state index contributed by atoms with van der Waals surface area (Å²) in [5.41, 5.74) is 0. The SMILES string of the molecule is C=CCN(CC=C)C(=O)NCCC(C)=O. The molecule has 1 N–H and O–H groups in total. The number of urea groups is 1. The van der Waals surface area contributed by atoms with Gasteiger partial charge in [-0.3, -0.25) is 4.79 Å². The number of Topliss-reactive ketones (excluding diaryl/α,β-unsaturated/α-hetero) is 1. The van der Waals surface area contributed by atoms with Gasteiger partial charge in [0.1, 0.15) is 5.78 Å². The highest BCUT2D eigenvalue weighted by Gasteiger charge is 2.09. The highest BCUT2D eigenvalue weighted by atomic mass is 16.2. The van der Waals surface area contributed by atoms with Crippen LogP contribution in [0.15, 0.2) is 25.3 Å². The summed E-state index contributed by atoms with van der Waals surface area (Å²) in [6.07, 6.45) is 3.66. The van der Waals surface area contributed by atoms with E-state index in [0.717, 1.165) is 0 Å². The zero-order chi connectivity index (χ0) is 11.7. The predicted molar refractivity (Wildman–Crippen MR) is 60.7 cm³/mol. The van der Waals surface area contributed by atoms with Gasteiger partial charge >= 0.3 is 6.03 Å². The molecule has 4 heteroatoms. The maximum atomic E-state index is 11.5. The van der Waals surface area contributed by atoms with Crippen LogP contribution in [-0.4, -0.2) is 36.3 Å². The lowest BCUT2D eigenvalue weighted by molar-refractivity contribution is -0.116. The van der Waals surface area contributed by atoms with Gasteiger partial charge in [-0.25, -0.2) is 4.79 Å². The van der Waals surface area contributed by atoms with E-state index in [1.807, 2.05) is 0 Å². The van der Waals surface area contributed by atoms with Crippen LogP contribution in [0.5, 0.6) is 0 Å². The summed E-state index contributed by atoms with van der Waals surface area (Å²) in [7, 11) is 0. The minimum Gasteiger partial charge on any atom is -0.338 e. The van der Waals surface area contributed by atoms with Crippen molar-refractivity contribution in [3.8, 4) is 0 Å². The molecule has 0 aliphatic heterocycles. The number of nitrogens with zero attached hydrogens (tertiary/aromatic N) is 1. The summed E-state index contributed by atoms with van der Waals surface area (Å²) < 4.78 is 0. The van der Waals surface area contributed by atoms with E-state index in [-0.39, 0.29) is 11.8 Å². The largest absolute Gasteiger partial charge is 0.338 e. The number of hydrogen-bond acceptors (Lipinski definition) is 2. The van der Waals surface area contributed by atoms with Gasteiger partial charge in [-0.2, -0.15) is 0 Å². The Kier molecular flexibility index (Phi) is 6.97. The summed E-state index contributed by atoms with van der Waals surface area (Å²) in [4.78, 5) is 23.7. The standard InChI is InChI=1S/C11H18N2O2/c1-4-8-13(9-5-2)11(15)12-7-6-10(3)14/h4-5H,1-2,6-9H2,3H3,(H,12,15). The quantitative estimate of drug-likeness (QED) is 0.645. The number of ketones is 1. The first kappa shape index (κ1) is 13.4. The molecule has 0 atom stereocenters. The van der Waals surface area contributed by atoms with Crippen LogP contribution in [0.25, 0.3) is 0 Å². The van der Waals surface area contributed by atoms with Crippen LogP contribution >= 0.6 is 0 Å². The number of carbonyl (C=O) groups is 2. The first-order valence-electron chi connectivity index (χ1n) is 4.85. The average molecular weight is 210 g/mol. The summed E-state index contributed by atoms with van der Waals surface area (Å²) in [6.45, 7) is 9.94. The monoisotopic (exact) mass is 210 g/mol. The van der Waals surface area contributed by atoms with E-state index in [2.05, 4.69) is 18.5 Å². The predicted octanol–water partition coefficient (Wildman–Crippen LogP) is 1.35. The third-order valence-electron chi connectivity index (χ3n) is 1.74. The molecule has 0 spiro atoms. The highest BCUT2D eigenvalue weighted by molar-refractivity contribution is 5.78. The summed E-state index contributed by atoms with van der Waals surface area (Å²) >= 11 is 0. The van der Waals surface area contributed by atoms with E-state index in [1.54, 1.807) is 17.1 Å². The number of carbonyl (C=O) groups excluding carboxylic acids is 2. The molecule has 0 aromatic carbocycles. The zero-order valence-electron chi connectivity index (χ0n) is 9.16. The Labute approximate surface area is 90.6 Å². The van der Waals surface area contributed by atoms with Gasteiger partial charge in [0.15, 0.2) is 0 Å². The van der Waals surface area contributed by atoms with Gasteiger partial charge in [0.2, 0.25) is 0 Å². The van der Waals surface area contributed by atoms with Crippen molar-refractivity contribution in [1.82, 2.24) is 10.2 Å². The molecule has 0 aromatic heterocycles. The van der Waals surface area contributed by atoms with Gasteiger partial charge in [0.05, 0.1) is 0 Å². The zero-order valence-corrected chi connectivity index (χ0v) is 9.16. The van der Waals surface area contributed by atoms with Gasteiger partial charge in [0, 0.05) is 26.1 Å². The van der Waals surface area contributed by atoms with Gasteiger partial charge in [-0.15, -0.1) is 13.2 Å². The van der Waals surface area contributed by atoms with Crippen LogP contribution < -0.4 is 5.32 Å². The molecule has 0 saturated carbocycles. The Morgan fingerprint density at radius 2 is 1.80 bits per heavy atom. The third-order valence-corrected chi connectivity index (χ3v) is 1.74. The molecule has 4 nitrogen and oxygen atoms in total. The van der Waals surface area contributed by atoms with Gasteiger partial charge in [-0.05, 0) is 6.92 Å². The van der Waals surface area contributed by atoms with E-state index in [4.69, 9.17) is 0 Å². The van der Waals surface area contributed by atoms with Crippen molar-refractivity contribution >= 4 is 11.8 Å². The molecule has 2 amide bonds. The molecule has 0 aliphatic rings. The fourth-order valence-corrected chi connectivity index (χ4v) is 1.01. The first-order chi connectivity index (χ1) is 7.11. The lowest BCUT2D eigenvalue weighted by Crippen LogP contribution is -2.40.